The van der Waals surface area contributed by atoms with E-state index in [0.29, 0.717) is 36.7 Å². The molecule has 0 aromatic heterocycles. The van der Waals surface area contributed by atoms with E-state index < -0.39 is 0 Å². The topological polar surface area (TPSA) is 93.3 Å². The maximum absolute atomic E-state index is 11.4. The molecule has 7 nitrogen and oxygen atoms in total. The molecule has 7 heteroatoms. The van der Waals surface area contributed by atoms with Crippen LogP contribution in [0, 0.1) is 11.3 Å². The molecular weight excluding hydrogens is 574 g/mol. The molecular formula is C39H49N3O4. The average Bonchev–Trinajstić information content (AvgIpc) is 3.08. The standard InChI is InChI=1S/C39H49N3O4/c1-4-5-6-7-8-9-10-14-27-45-38-25-18-33(29-34(38)30-40)32-16-19-35(20-17-32)41-42-36-21-23-37(24-22-36)44-26-13-11-12-15-28-46-39(43)31(2)3/h16-25,29H,2,4-15,26-28H2,1,3H3. The summed E-state index contributed by atoms with van der Waals surface area (Å²) < 4.78 is 16.9. The highest BCUT2D eigenvalue weighted by Crippen LogP contribution is 2.29. The summed E-state index contributed by atoms with van der Waals surface area (Å²) in [6, 6.07) is 23.4. The normalized spacial score (nSPS) is 10.9. The van der Waals surface area contributed by atoms with Gasteiger partial charge in [0.05, 0.1) is 36.8 Å². The zero-order valence-electron chi connectivity index (χ0n) is 27.6. The molecule has 3 aromatic rings. The van der Waals surface area contributed by atoms with Crippen molar-refractivity contribution in [2.24, 2.45) is 10.2 Å². The molecule has 0 bridgehead atoms. The number of carbonyl (C=O) groups is 1. The Balaban J connectivity index is 1.38. The number of hydrogen-bond donors (Lipinski definition) is 0. The van der Waals surface area contributed by atoms with Gasteiger partial charge in [-0.05, 0) is 98.7 Å². The molecule has 0 heterocycles. The number of benzene rings is 3. The molecule has 0 aliphatic carbocycles. The molecule has 0 amide bonds. The van der Waals surface area contributed by atoms with Gasteiger partial charge in [0.1, 0.15) is 17.6 Å². The highest BCUT2D eigenvalue weighted by Gasteiger charge is 2.07. The van der Waals surface area contributed by atoms with Crippen LogP contribution in [0.3, 0.4) is 0 Å². The Hall–Kier alpha value is -4.44. The van der Waals surface area contributed by atoms with E-state index in [0.717, 1.165) is 66.8 Å². The molecule has 3 rings (SSSR count). The van der Waals surface area contributed by atoms with Gasteiger partial charge in [0.15, 0.2) is 0 Å². The summed E-state index contributed by atoms with van der Waals surface area (Å²) in [5, 5.41) is 18.4. The second-order valence-corrected chi connectivity index (χ2v) is 11.6. The SMILES string of the molecule is C=C(C)C(=O)OCCCCCCOc1ccc(N=Nc2ccc(-c3ccc(OCCCCCCCCCC)c(C#N)c3)cc2)cc1. The third-order valence-electron chi connectivity index (χ3n) is 7.56. The molecule has 3 aromatic carbocycles. The lowest BCUT2D eigenvalue weighted by Gasteiger charge is -2.10. The van der Waals surface area contributed by atoms with Gasteiger partial charge in [0.2, 0.25) is 0 Å². The first-order chi connectivity index (χ1) is 22.5. The lowest BCUT2D eigenvalue weighted by Crippen LogP contribution is -2.06. The van der Waals surface area contributed by atoms with Crippen LogP contribution in [0.1, 0.15) is 96.5 Å². The van der Waals surface area contributed by atoms with Gasteiger partial charge in [-0.15, -0.1) is 0 Å². The van der Waals surface area contributed by atoms with Crippen molar-refractivity contribution >= 4 is 17.3 Å². The first-order valence-electron chi connectivity index (χ1n) is 16.7. The maximum Gasteiger partial charge on any atom is 0.333 e. The number of nitrogens with zero attached hydrogens (tertiary/aromatic N) is 3. The van der Waals surface area contributed by atoms with E-state index in [1.165, 1.54) is 38.5 Å². The van der Waals surface area contributed by atoms with Crippen LogP contribution in [0.15, 0.2) is 89.1 Å². The fourth-order valence-corrected chi connectivity index (χ4v) is 4.82. The molecule has 0 unspecified atom stereocenters. The lowest BCUT2D eigenvalue weighted by molar-refractivity contribution is -0.139. The third-order valence-corrected chi connectivity index (χ3v) is 7.56. The van der Waals surface area contributed by atoms with Crippen LogP contribution < -0.4 is 9.47 Å². The molecule has 0 atom stereocenters. The number of esters is 1. The molecule has 0 radical (unpaired) electrons. The Labute approximate surface area is 275 Å². The van der Waals surface area contributed by atoms with Gasteiger partial charge < -0.3 is 14.2 Å². The molecule has 0 spiro atoms. The molecule has 0 aliphatic rings. The molecule has 0 saturated carbocycles. The van der Waals surface area contributed by atoms with Crippen molar-refractivity contribution in [2.75, 3.05) is 19.8 Å². The van der Waals surface area contributed by atoms with Crippen molar-refractivity contribution in [3.05, 3.63) is 84.4 Å². The van der Waals surface area contributed by atoms with Gasteiger partial charge in [-0.3, -0.25) is 0 Å². The van der Waals surface area contributed by atoms with Crippen molar-refractivity contribution in [2.45, 2.75) is 90.9 Å². The fourth-order valence-electron chi connectivity index (χ4n) is 4.82. The second-order valence-electron chi connectivity index (χ2n) is 11.6. The molecule has 46 heavy (non-hydrogen) atoms. The van der Waals surface area contributed by atoms with Gasteiger partial charge in [-0.1, -0.05) is 76.6 Å². The number of azo groups is 1. The van der Waals surface area contributed by atoms with Crippen LogP contribution in [0.5, 0.6) is 11.5 Å². The van der Waals surface area contributed by atoms with Crippen molar-refractivity contribution in [3.63, 3.8) is 0 Å². The zero-order valence-corrected chi connectivity index (χ0v) is 27.6. The van der Waals surface area contributed by atoms with Gasteiger partial charge in [0, 0.05) is 5.57 Å². The Morgan fingerprint density at radius 1 is 0.696 bits per heavy atom. The Bertz CT molecular complexity index is 1410. The average molecular weight is 624 g/mol. The van der Waals surface area contributed by atoms with E-state index >= 15 is 0 Å². The quantitative estimate of drug-likeness (QED) is 0.0480. The summed E-state index contributed by atoms with van der Waals surface area (Å²) in [6.07, 6.45) is 13.8. The molecule has 0 N–H and O–H groups in total. The number of hydrogen-bond acceptors (Lipinski definition) is 7. The number of unbranched alkanes of at least 4 members (excludes halogenated alkanes) is 10. The van der Waals surface area contributed by atoms with Crippen LogP contribution in [0.2, 0.25) is 0 Å². The van der Waals surface area contributed by atoms with Crippen molar-refractivity contribution < 1.29 is 19.0 Å². The fraction of sp³-hybridized carbons (Fsp3) is 0.436. The second kappa shape index (κ2) is 21.3. The Morgan fingerprint density at radius 2 is 1.22 bits per heavy atom. The third kappa shape index (κ3) is 13.7. The summed E-state index contributed by atoms with van der Waals surface area (Å²) in [5.74, 6) is 1.11. The van der Waals surface area contributed by atoms with Crippen molar-refractivity contribution in [1.82, 2.24) is 0 Å². The van der Waals surface area contributed by atoms with E-state index in [9.17, 15) is 10.1 Å². The highest BCUT2D eigenvalue weighted by molar-refractivity contribution is 5.86. The summed E-state index contributed by atoms with van der Waals surface area (Å²) in [6.45, 7) is 9.16. The van der Waals surface area contributed by atoms with Crippen molar-refractivity contribution in [3.8, 4) is 28.7 Å². The number of ether oxygens (including phenoxy) is 3. The van der Waals surface area contributed by atoms with Crippen molar-refractivity contribution in [1.29, 1.82) is 5.26 Å². The van der Waals surface area contributed by atoms with Crippen LogP contribution in [0.25, 0.3) is 11.1 Å². The van der Waals surface area contributed by atoms with E-state index in [2.05, 4.69) is 29.8 Å². The minimum Gasteiger partial charge on any atom is -0.494 e. The van der Waals surface area contributed by atoms with Gasteiger partial charge >= 0.3 is 5.97 Å². The Kier molecular flexibility index (Phi) is 16.7. The first kappa shape index (κ1) is 36.0. The number of carbonyl (C=O) groups excluding carboxylic acids is 1. The number of rotatable bonds is 22. The van der Waals surface area contributed by atoms with Gasteiger partial charge in [-0.25, -0.2) is 4.79 Å². The van der Waals surface area contributed by atoms with E-state index in [4.69, 9.17) is 14.2 Å². The smallest absolute Gasteiger partial charge is 0.333 e. The minimum absolute atomic E-state index is 0.327. The van der Waals surface area contributed by atoms with Crippen LogP contribution >= 0.6 is 0 Å². The van der Waals surface area contributed by atoms with Gasteiger partial charge in [0.25, 0.3) is 0 Å². The predicted molar refractivity (Wildman–Crippen MR) is 185 cm³/mol. The minimum atomic E-state index is -0.327. The summed E-state index contributed by atoms with van der Waals surface area (Å²) >= 11 is 0. The van der Waals surface area contributed by atoms with Gasteiger partial charge in [-0.2, -0.15) is 15.5 Å². The predicted octanol–water partition coefficient (Wildman–Crippen LogP) is 11.2. The lowest BCUT2D eigenvalue weighted by atomic mass is 10.0. The Morgan fingerprint density at radius 3 is 1.80 bits per heavy atom. The summed E-state index contributed by atoms with van der Waals surface area (Å²) in [5.41, 5.74) is 4.41. The number of nitriles is 1. The summed E-state index contributed by atoms with van der Waals surface area (Å²) in [7, 11) is 0. The monoisotopic (exact) mass is 623 g/mol. The molecule has 0 fully saturated rings. The molecule has 244 valence electrons. The maximum atomic E-state index is 11.4. The largest absolute Gasteiger partial charge is 0.494 e. The zero-order chi connectivity index (χ0) is 32.8. The summed E-state index contributed by atoms with van der Waals surface area (Å²) in [4.78, 5) is 11.4. The highest BCUT2D eigenvalue weighted by atomic mass is 16.5. The van der Waals surface area contributed by atoms with Crippen LogP contribution in [-0.2, 0) is 9.53 Å². The molecule has 0 saturated heterocycles. The van der Waals surface area contributed by atoms with E-state index in [1.807, 2.05) is 66.7 Å². The van der Waals surface area contributed by atoms with Crippen LogP contribution in [0.4, 0.5) is 11.4 Å². The van der Waals surface area contributed by atoms with E-state index in [-0.39, 0.29) is 5.97 Å². The van der Waals surface area contributed by atoms with Crippen LogP contribution in [-0.4, -0.2) is 25.8 Å². The molecule has 0 aliphatic heterocycles. The van der Waals surface area contributed by atoms with E-state index in [1.54, 1.807) is 6.92 Å². The first-order valence-corrected chi connectivity index (χ1v) is 16.7.